The summed E-state index contributed by atoms with van der Waals surface area (Å²) in [6, 6.07) is 7.70. The second-order valence-corrected chi connectivity index (χ2v) is 7.53. The fraction of sp³-hybridized carbons (Fsp3) is 0.667. The molecule has 0 aliphatic carbocycles. The van der Waals surface area contributed by atoms with E-state index in [1.165, 1.54) is 18.5 Å². The standard InChI is InChI=1S/C21H33N3O3/c1-2-27-19-8-12-24(15-14-23-11-3-9-22-10-13-23)20(16-19)17-4-6-18(7-5-17)21(25)26/h4-7,19-20,22H,2-3,8-16H2,1H3,(H,25,26)/t19-,20-/m0/s1. The molecule has 3 rings (SSSR count). The average molecular weight is 376 g/mol. The number of carbonyl (C=O) groups is 1. The minimum absolute atomic E-state index is 0.290. The van der Waals surface area contributed by atoms with Crippen LogP contribution in [0.5, 0.6) is 0 Å². The topological polar surface area (TPSA) is 65.0 Å². The lowest BCUT2D eigenvalue weighted by molar-refractivity contribution is -0.0132. The van der Waals surface area contributed by atoms with E-state index in [9.17, 15) is 4.79 Å². The molecule has 1 aromatic rings. The molecule has 2 N–H and O–H groups in total. The predicted molar refractivity (Wildman–Crippen MR) is 106 cm³/mol. The van der Waals surface area contributed by atoms with Gasteiger partial charge in [-0.25, -0.2) is 4.79 Å². The van der Waals surface area contributed by atoms with Crippen LogP contribution >= 0.6 is 0 Å². The molecule has 0 radical (unpaired) electrons. The fourth-order valence-electron chi connectivity index (χ4n) is 4.23. The van der Waals surface area contributed by atoms with E-state index >= 15 is 0 Å². The molecule has 0 saturated carbocycles. The van der Waals surface area contributed by atoms with Crippen molar-refractivity contribution < 1.29 is 14.6 Å². The minimum atomic E-state index is -0.871. The third kappa shape index (κ3) is 5.75. The number of piperidine rings is 1. The molecule has 150 valence electrons. The van der Waals surface area contributed by atoms with Crippen LogP contribution < -0.4 is 5.32 Å². The summed E-state index contributed by atoms with van der Waals surface area (Å²) in [4.78, 5) is 16.3. The van der Waals surface area contributed by atoms with Gasteiger partial charge in [-0.2, -0.15) is 0 Å². The summed E-state index contributed by atoms with van der Waals surface area (Å²) in [5, 5.41) is 12.6. The Labute approximate surface area is 162 Å². The predicted octanol–water partition coefficient (Wildman–Crippen LogP) is 2.22. The zero-order valence-corrected chi connectivity index (χ0v) is 16.4. The molecule has 6 heteroatoms. The Bertz CT molecular complexity index is 585. The Hall–Kier alpha value is -1.47. The molecule has 2 fully saturated rings. The molecule has 2 atom stereocenters. The molecule has 0 bridgehead atoms. The van der Waals surface area contributed by atoms with Gasteiger partial charge in [0.15, 0.2) is 0 Å². The molecule has 27 heavy (non-hydrogen) atoms. The van der Waals surface area contributed by atoms with Crippen LogP contribution in [0.15, 0.2) is 24.3 Å². The first-order valence-corrected chi connectivity index (χ1v) is 10.3. The van der Waals surface area contributed by atoms with Crippen molar-refractivity contribution in [2.75, 3.05) is 52.4 Å². The molecular formula is C21H33N3O3. The number of nitrogens with zero attached hydrogens (tertiary/aromatic N) is 2. The van der Waals surface area contributed by atoms with Gasteiger partial charge < -0.3 is 20.1 Å². The second kappa shape index (κ2) is 10.2. The van der Waals surface area contributed by atoms with Gasteiger partial charge in [0, 0.05) is 45.4 Å². The maximum Gasteiger partial charge on any atom is 0.335 e. The molecule has 0 amide bonds. The number of hydrogen-bond donors (Lipinski definition) is 2. The number of hydrogen-bond acceptors (Lipinski definition) is 5. The zero-order valence-electron chi connectivity index (χ0n) is 16.4. The molecule has 2 heterocycles. The maximum absolute atomic E-state index is 11.2. The molecule has 2 aliphatic heterocycles. The van der Waals surface area contributed by atoms with Gasteiger partial charge >= 0.3 is 5.97 Å². The quantitative estimate of drug-likeness (QED) is 0.762. The number of rotatable bonds is 7. The van der Waals surface area contributed by atoms with Gasteiger partial charge in [-0.3, -0.25) is 4.90 Å². The highest BCUT2D eigenvalue weighted by Gasteiger charge is 2.30. The van der Waals surface area contributed by atoms with E-state index in [1.54, 1.807) is 12.1 Å². The van der Waals surface area contributed by atoms with Gasteiger partial charge in [-0.1, -0.05) is 12.1 Å². The van der Waals surface area contributed by atoms with Crippen molar-refractivity contribution >= 4 is 5.97 Å². The highest BCUT2D eigenvalue weighted by molar-refractivity contribution is 5.87. The first-order chi connectivity index (χ1) is 13.2. The SMILES string of the molecule is CCO[C@H]1CCN(CCN2CCCNCC2)[C@H](c2ccc(C(=O)O)cc2)C1. The molecular weight excluding hydrogens is 342 g/mol. The first kappa shape index (κ1) is 20.3. The Morgan fingerprint density at radius 2 is 2.00 bits per heavy atom. The molecule has 0 aromatic heterocycles. The minimum Gasteiger partial charge on any atom is -0.478 e. The lowest BCUT2D eigenvalue weighted by Gasteiger charge is -2.40. The van der Waals surface area contributed by atoms with E-state index in [1.807, 2.05) is 12.1 Å². The first-order valence-electron chi connectivity index (χ1n) is 10.3. The molecule has 1 aromatic carbocycles. The van der Waals surface area contributed by atoms with E-state index < -0.39 is 5.97 Å². The number of carboxylic acid groups (broad SMARTS) is 1. The molecule has 0 spiro atoms. The lowest BCUT2D eigenvalue weighted by Crippen LogP contribution is -2.44. The van der Waals surface area contributed by atoms with Gasteiger partial charge in [0.25, 0.3) is 0 Å². The summed E-state index contributed by atoms with van der Waals surface area (Å²) < 4.78 is 5.92. The van der Waals surface area contributed by atoms with Crippen LogP contribution in [-0.4, -0.2) is 79.4 Å². The summed E-state index contributed by atoms with van der Waals surface area (Å²) in [7, 11) is 0. The summed E-state index contributed by atoms with van der Waals surface area (Å²) in [6.07, 6.45) is 3.55. The van der Waals surface area contributed by atoms with Crippen LogP contribution in [0.4, 0.5) is 0 Å². The van der Waals surface area contributed by atoms with Gasteiger partial charge in [0.05, 0.1) is 11.7 Å². The van der Waals surface area contributed by atoms with Crippen LogP contribution in [0, 0.1) is 0 Å². The van der Waals surface area contributed by atoms with Crippen LogP contribution in [0.2, 0.25) is 0 Å². The highest BCUT2D eigenvalue weighted by atomic mass is 16.5. The normalized spacial score (nSPS) is 25.2. The van der Waals surface area contributed by atoms with Crippen molar-refractivity contribution in [1.29, 1.82) is 0 Å². The molecule has 2 aliphatic rings. The van der Waals surface area contributed by atoms with Crippen LogP contribution in [0.1, 0.15) is 48.1 Å². The van der Waals surface area contributed by atoms with Crippen molar-refractivity contribution in [2.45, 2.75) is 38.3 Å². The molecule has 6 nitrogen and oxygen atoms in total. The summed E-state index contributed by atoms with van der Waals surface area (Å²) in [5.74, 6) is -0.871. The highest BCUT2D eigenvalue weighted by Crippen LogP contribution is 2.32. The maximum atomic E-state index is 11.2. The summed E-state index contributed by atoms with van der Waals surface area (Å²) in [5.41, 5.74) is 1.54. The number of likely N-dealkylation sites (tertiary alicyclic amines) is 1. The fourth-order valence-corrected chi connectivity index (χ4v) is 4.23. The largest absolute Gasteiger partial charge is 0.478 e. The van der Waals surface area contributed by atoms with Crippen LogP contribution in [0.25, 0.3) is 0 Å². The number of nitrogens with one attached hydrogen (secondary N) is 1. The van der Waals surface area contributed by atoms with Crippen molar-refractivity contribution in [1.82, 2.24) is 15.1 Å². The van der Waals surface area contributed by atoms with Crippen LogP contribution in [-0.2, 0) is 4.74 Å². The average Bonchev–Trinajstić information content (AvgIpc) is 2.96. The van der Waals surface area contributed by atoms with E-state index in [0.717, 1.165) is 58.7 Å². The van der Waals surface area contributed by atoms with E-state index in [2.05, 4.69) is 22.0 Å². The van der Waals surface area contributed by atoms with Gasteiger partial charge in [0.2, 0.25) is 0 Å². The second-order valence-electron chi connectivity index (χ2n) is 7.53. The Morgan fingerprint density at radius 1 is 1.19 bits per heavy atom. The molecule has 0 unspecified atom stereocenters. The smallest absolute Gasteiger partial charge is 0.335 e. The zero-order chi connectivity index (χ0) is 19.1. The van der Waals surface area contributed by atoms with Crippen molar-refractivity contribution in [2.24, 2.45) is 0 Å². The van der Waals surface area contributed by atoms with Crippen molar-refractivity contribution in [3.05, 3.63) is 35.4 Å². The van der Waals surface area contributed by atoms with E-state index in [-0.39, 0.29) is 6.10 Å². The number of ether oxygens (including phenoxy) is 1. The lowest BCUT2D eigenvalue weighted by atomic mass is 9.92. The Balaban J connectivity index is 1.67. The van der Waals surface area contributed by atoms with E-state index in [0.29, 0.717) is 11.6 Å². The van der Waals surface area contributed by atoms with Crippen molar-refractivity contribution in [3.63, 3.8) is 0 Å². The van der Waals surface area contributed by atoms with Gasteiger partial charge in [0.1, 0.15) is 0 Å². The van der Waals surface area contributed by atoms with Crippen molar-refractivity contribution in [3.8, 4) is 0 Å². The summed E-state index contributed by atoms with van der Waals surface area (Å²) >= 11 is 0. The summed E-state index contributed by atoms with van der Waals surface area (Å²) in [6.45, 7) is 10.4. The third-order valence-corrected chi connectivity index (χ3v) is 5.75. The molecule has 2 saturated heterocycles. The monoisotopic (exact) mass is 375 g/mol. The van der Waals surface area contributed by atoms with Gasteiger partial charge in [-0.05, 0) is 57.0 Å². The Kier molecular flexibility index (Phi) is 7.64. The van der Waals surface area contributed by atoms with Gasteiger partial charge in [-0.15, -0.1) is 0 Å². The third-order valence-electron chi connectivity index (χ3n) is 5.75. The number of carboxylic acids is 1. The van der Waals surface area contributed by atoms with E-state index in [4.69, 9.17) is 9.84 Å². The van der Waals surface area contributed by atoms with Crippen LogP contribution in [0.3, 0.4) is 0 Å². The number of aromatic carboxylic acids is 1. The number of benzene rings is 1. The Morgan fingerprint density at radius 3 is 2.74 bits per heavy atom.